The van der Waals surface area contributed by atoms with Crippen molar-refractivity contribution in [2.45, 2.75) is 19.3 Å². The van der Waals surface area contributed by atoms with E-state index in [-0.39, 0.29) is 11.8 Å². The Morgan fingerprint density at radius 1 is 1.43 bits per heavy atom. The van der Waals surface area contributed by atoms with Crippen molar-refractivity contribution in [2.75, 3.05) is 0 Å². The van der Waals surface area contributed by atoms with Gasteiger partial charge < -0.3 is 5.73 Å². The highest BCUT2D eigenvalue weighted by Gasteiger charge is 2.15. The first-order valence-corrected chi connectivity index (χ1v) is 4.71. The quantitative estimate of drug-likeness (QED) is 0.725. The number of carbonyl (C=O) groups is 1. The van der Waals surface area contributed by atoms with Crippen molar-refractivity contribution in [3.05, 3.63) is 48.0 Å². The van der Waals surface area contributed by atoms with E-state index < -0.39 is 0 Å². The van der Waals surface area contributed by atoms with E-state index in [4.69, 9.17) is 5.73 Å². The van der Waals surface area contributed by atoms with Crippen molar-refractivity contribution >= 4 is 5.91 Å². The highest BCUT2D eigenvalue weighted by atomic mass is 16.1. The molecule has 0 spiro atoms. The topological polar surface area (TPSA) is 43.1 Å². The first kappa shape index (κ1) is 10.5. The zero-order valence-electron chi connectivity index (χ0n) is 8.31. The molecule has 0 aliphatic carbocycles. The minimum absolute atomic E-state index is 0.201. The third kappa shape index (κ3) is 2.73. The summed E-state index contributed by atoms with van der Waals surface area (Å²) in [4.78, 5) is 11.2. The monoisotopic (exact) mass is 189 g/mol. The van der Waals surface area contributed by atoms with Crippen molar-refractivity contribution in [3.8, 4) is 0 Å². The zero-order chi connectivity index (χ0) is 10.4. The smallest absolute Gasteiger partial charge is 0.225 e. The van der Waals surface area contributed by atoms with Crippen molar-refractivity contribution in [3.63, 3.8) is 0 Å². The summed E-state index contributed by atoms with van der Waals surface area (Å²) in [5.41, 5.74) is 6.32. The van der Waals surface area contributed by atoms with Crippen LogP contribution >= 0.6 is 0 Å². The molecule has 1 aromatic rings. The van der Waals surface area contributed by atoms with E-state index in [1.54, 1.807) is 0 Å². The maximum absolute atomic E-state index is 11.2. The van der Waals surface area contributed by atoms with Crippen LogP contribution in [0.25, 0.3) is 0 Å². The minimum atomic E-state index is -0.269. The van der Waals surface area contributed by atoms with Gasteiger partial charge in [-0.2, -0.15) is 0 Å². The van der Waals surface area contributed by atoms with E-state index in [1.165, 1.54) is 0 Å². The van der Waals surface area contributed by atoms with Crippen LogP contribution in [0, 0.1) is 0 Å². The van der Waals surface area contributed by atoms with Crippen LogP contribution in [0.15, 0.2) is 42.5 Å². The number of allylic oxidation sites excluding steroid dienone is 2. The molecule has 0 bridgehead atoms. The summed E-state index contributed by atoms with van der Waals surface area (Å²) in [5.74, 6) is -0.471. The number of hydrogen-bond donors (Lipinski definition) is 1. The molecule has 2 N–H and O–H groups in total. The highest BCUT2D eigenvalue weighted by Crippen LogP contribution is 2.19. The Morgan fingerprint density at radius 2 is 2.07 bits per heavy atom. The van der Waals surface area contributed by atoms with Gasteiger partial charge in [-0.15, -0.1) is 0 Å². The third-order valence-electron chi connectivity index (χ3n) is 2.15. The molecule has 0 aromatic heterocycles. The van der Waals surface area contributed by atoms with Crippen molar-refractivity contribution in [1.29, 1.82) is 0 Å². The molecule has 0 aliphatic heterocycles. The van der Waals surface area contributed by atoms with Crippen LogP contribution in [0.4, 0.5) is 0 Å². The predicted molar refractivity (Wildman–Crippen MR) is 57.8 cm³/mol. The number of nitrogens with two attached hydrogens (primary N) is 1. The van der Waals surface area contributed by atoms with Crippen LogP contribution in [0.1, 0.15) is 24.8 Å². The molecule has 1 unspecified atom stereocenters. The molecule has 14 heavy (non-hydrogen) atoms. The fourth-order valence-corrected chi connectivity index (χ4v) is 1.37. The summed E-state index contributed by atoms with van der Waals surface area (Å²) in [6, 6.07) is 9.62. The lowest BCUT2D eigenvalue weighted by Crippen LogP contribution is -2.20. The Kier molecular flexibility index (Phi) is 3.92. The Morgan fingerprint density at radius 3 is 2.57 bits per heavy atom. The van der Waals surface area contributed by atoms with E-state index in [9.17, 15) is 4.79 Å². The van der Waals surface area contributed by atoms with Gasteiger partial charge >= 0.3 is 0 Å². The Bertz CT molecular complexity index is 316. The van der Waals surface area contributed by atoms with Crippen molar-refractivity contribution in [2.24, 2.45) is 5.73 Å². The second-order valence-corrected chi connectivity index (χ2v) is 3.17. The molecule has 0 saturated carbocycles. The average Bonchev–Trinajstić information content (AvgIpc) is 2.19. The summed E-state index contributed by atoms with van der Waals surface area (Å²) in [5, 5.41) is 0. The van der Waals surface area contributed by atoms with Gasteiger partial charge in [0.05, 0.1) is 5.92 Å². The predicted octanol–water partition coefficient (Wildman–Crippen LogP) is 2.22. The van der Waals surface area contributed by atoms with Crippen LogP contribution in [-0.2, 0) is 4.79 Å². The van der Waals surface area contributed by atoms with Gasteiger partial charge in [-0.1, -0.05) is 42.5 Å². The summed E-state index contributed by atoms with van der Waals surface area (Å²) in [6.45, 7) is 1.93. The molecule has 1 aromatic carbocycles. The Labute approximate surface area is 84.4 Å². The molecule has 2 heteroatoms. The first-order valence-electron chi connectivity index (χ1n) is 4.71. The molecular formula is C12H15NO. The highest BCUT2D eigenvalue weighted by molar-refractivity contribution is 5.82. The maximum atomic E-state index is 11.2. The van der Waals surface area contributed by atoms with Gasteiger partial charge in [0.1, 0.15) is 0 Å². The van der Waals surface area contributed by atoms with Crippen molar-refractivity contribution in [1.82, 2.24) is 0 Å². The molecule has 0 aliphatic rings. The number of primary amides is 1. The van der Waals surface area contributed by atoms with Gasteiger partial charge in [-0.05, 0) is 18.9 Å². The SMILES string of the molecule is C/C=C/CC(C(N)=O)c1ccccc1. The number of hydrogen-bond acceptors (Lipinski definition) is 1. The Balaban J connectivity index is 2.83. The number of amides is 1. The molecule has 1 rings (SSSR count). The van der Waals surface area contributed by atoms with Crippen LogP contribution in [-0.4, -0.2) is 5.91 Å². The fourth-order valence-electron chi connectivity index (χ4n) is 1.37. The summed E-state index contributed by atoms with van der Waals surface area (Å²) in [6.07, 6.45) is 4.57. The summed E-state index contributed by atoms with van der Waals surface area (Å²) >= 11 is 0. The number of rotatable bonds is 4. The molecule has 0 fully saturated rings. The number of benzene rings is 1. The second kappa shape index (κ2) is 5.22. The average molecular weight is 189 g/mol. The molecule has 1 amide bonds. The van der Waals surface area contributed by atoms with Gasteiger partial charge in [-0.25, -0.2) is 0 Å². The summed E-state index contributed by atoms with van der Waals surface area (Å²) in [7, 11) is 0. The van der Waals surface area contributed by atoms with Crippen LogP contribution in [0.5, 0.6) is 0 Å². The lowest BCUT2D eigenvalue weighted by molar-refractivity contribution is -0.119. The number of carbonyl (C=O) groups excluding carboxylic acids is 1. The fraction of sp³-hybridized carbons (Fsp3) is 0.250. The van der Waals surface area contributed by atoms with Crippen LogP contribution in [0.3, 0.4) is 0 Å². The van der Waals surface area contributed by atoms with Gasteiger partial charge in [-0.3, -0.25) is 4.79 Å². The zero-order valence-corrected chi connectivity index (χ0v) is 8.31. The molecule has 0 saturated heterocycles. The van der Waals surface area contributed by atoms with Gasteiger partial charge in [0.25, 0.3) is 0 Å². The van der Waals surface area contributed by atoms with Gasteiger partial charge in [0.15, 0.2) is 0 Å². The first-order chi connectivity index (χ1) is 6.75. The summed E-state index contributed by atoms with van der Waals surface area (Å²) < 4.78 is 0. The standard InChI is InChI=1S/C12H15NO/c1-2-3-9-11(12(13)14)10-7-5-4-6-8-10/h2-8,11H,9H2,1H3,(H2,13,14)/b3-2+. The second-order valence-electron chi connectivity index (χ2n) is 3.17. The molecule has 0 heterocycles. The van der Waals surface area contributed by atoms with Crippen molar-refractivity contribution < 1.29 is 4.79 Å². The maximum Gasteiger partial charge on any atom is 0.225 e. The van der Waals surface area contributed by atoms with E-state index in [1.807, 2.05) is 49.4 Å². The van der Waals surface area contributed by atoms with Crippen LogP contribution < -0.4 is 5.73 Å². The van der Waals surface area contributed by atoms with E-state index in [0.717, 1.165) is 5.56 Å². The van der Waals surface area contributed by atoms with E-state index >= 15 is 0 Å². The van der Waals surface area contributed by atoms with Gasteiger partial charge in [0.2, 0.25) is 5.91 Å². The normalized spacial score (nSPS) is 12.9. The molecule has 2 nitrogen and oxygen atoms in total. The minimum Gasteiger partial charge on any atom is -0.369 e. The van der Waals surface area contributed by atoms with Gasteiger partial charge in [0, 0.05) is 0 Å². The molecule has 1 atom stereocenters. The largest absolute Gasteiger partial charge is 0.369 e. The molecule has 74 valence electrons. The van der Waals surface area contributed by atoms with E-state index in [2.05, 4.69) is 0 Å². The van der Waals surface area contributed by atoms with Crippen LogP contribution in [0.2, 0.25) is 0 Å². The molecular weight excluding hydrogens is 174 g/mol. The van der Waals surface area contributed by atoms with E-state index in [0.29, 0.717) is 6.42 Å². The third-order valence-corrected chi connectivity index (χ3v) is 2.15. The molecule has 0 radical (unpaired) electrons. The Hall–Kier alpha value is -1.57. The lowest BCUT2D eigenvalue weighted by atomic mass is 9.95. The lowest BCUT2D eigenvalue weighted by Gasteiger charge is -2.10.